The molecule has 19 heavy (non-hydrogen) atoms. The van der Waals surface area contributed by atoms with E-state index >= 15 is 0 Å². The SMILES string of the molecule is CCOC(=O)C(C)(CCCOCCOC(C)C)NC. The van der Waals surface area contributed by atoms with Gasteiger partial charge in [-0.05, 0) is 47.6 Å². The van der Waals surface area contributed by atoms with E-state index in [0.717, 1.165) is 6.42 Å². The summed E-state index contributed by atoms with van der Waals surface area (Å²) in [4.78, 5) is 11.8. The minimum Gasteiger partial charge on any atom is -0.465 e. The molecule has 0 radical (unpaired) electrons. The Morgan fingerprint density at radius 3 is 2.47 bits per heavy atom. The molecule has 0 aliphatic heterocycles. The summed E-state index contributed by atoms with van der Waals surface area (Å²) in [7, 11) is 1.77. The summed E-state index contributed by atoms with van der Waals surface area (Å²) in [6.07, 6.45) is 1.73. The largest absolute Gasteiger partial charge is 0.465 e. The molecule has 0 aromatic heterocycles. The second-order valence-corrected chi connectivity index (χ2v) is 4.94. The predicted octanol–water partition coefficient (Wildman–Crippen LogP) is 1.75. The molecule has 0 aliphatic carbocycles. The van der Waals surface area contributed by atoms with Gasteiger partial charge >= 0.3 is 5.97 Å². The Morgan fingerprint density at radius 2 is 1.95 bits per heavy atom. The van der Waals surface area contributed by atoms with Gasteiger partial charge in [0.15, 0.2) is 0 Å². The quantitative estimate of drug-likeness (QED) is 0.460. The molecule has 5 heteroatoms. The van der Waals surface area contributed by atoms with E-state index in [4.69, 9.17) is 14.2 Å². The summed E-state index contributed by atoms with van der Waals surface area (Å²) in [5, 5.41) is 3.03. The van der Waals surface area contributed by atoms with Crippen molar-refractivity contribution in [3.63, 3.8) is 0 Å². The number of esters is 1. The molecule has 0 spiro atoms. The van der Waals surface area contributed by atoms with Crippen molar-refractivity contribution in [2.45, 2.75) is 52.2 Å². The van der Waals surface area contributed by atoms with Crippen LogP contribution in [0.5, 0.6) is 0 Å². The molecular weight excluding hydrogens is 246 g/mol. The van der Waals surface area contributed by atoms with Crippen molar-refractivity contribution in [3.8, 4) is 0 Å². The molecule has 0 heterocycles. The molecule has 0 amide bonds. The first-order valence-corrected chi connectivity index (χ1v) is 7.01. The first-order chi connectivity index (χ1) is 8.96. The van der Waals surface area contributed by atoms with E-state index in [9.17, 15) is 4.79 Å². The number of carbonyl (C=O) groups is 1. The number of hydrogen-bond donors (Lipinski definition) is 1. The van der Waals surface area contributed by atoms with Gasteiger partial charge in [-0.2, -0.15) is 0 Å². The van der Waals surface area contributed by atoms with Crippen molar-refractivity contribution in [1.29, 1.82) is 0 Å². The molecule has 114 valence electrons. The maximum atomic E-state index is 11.8. The second kappa shape index (κ2) is 10.2. The van der Waals surface area contributed by atoms with Crippen LogP contribution in [-0.4, -0.2) is 51.1 Å². The fourth-order valence-corrected chi connectivity index (χ4v) is 1.59. The molecule has 0 aromatic carbocycles. The van der Waals surface area contributed by atoms with Gasteiger partial charge in [0.25, 0.3) is 0 Å². The van der Waals surface area contributed by atoms with E-state index in [-0.39, 0.29) is 12.1 Å². The van der Waals surface area contributed by atoms with Gasteiger partial charge in [0.1, 0.15) is 5.54 Å². The van der Waals surface area contributed by atoms with Gasteiger partial charge in [0, 0.05) is 6.61 Å². The van der Waals surface area contributed by atoms with Crippen molar-refractivity contribution < 1.29 is 19.0 Å². The van der Waals surface area contributed by atoms with E-state index < -0.39 is 5.54 Å². The van der Waals surface area contributed by atoms with Crippen LogP contribution in [0.4, 0.5) is 0 Å². The lowest BCUT2D eigenvalue weighted by Gasteiger charge is -2.26. The first-order valence-electron chi connectivity index (χ1n) is 7.01. The normalized spacial score (nSPS) is 14.4. The molecular formula is C14H29NO4. The van der Waals surface area contributed by atoms with Crippen LogP contribution in [0.25, 0.3) is 0 Å². The van der Waals surface area contributed by atoms with Gasteiger partial charge in [0.2, 0.25) is 0 Å². The van der Waals surface area contributed by atoms with E-state index in [2.05, 4.69) is 5.32 Å². The molecule has 0 aromatic rings. The Balaban J connectivity index is 3.75. The molecule has 0 saturated carbocycles. The van der Waals surface area contributed by atoms with E-state index in [1.165, 1.54) is 0 Å². The minimum atomic E-state index is -0.631. The topological polar surface area (TPSA) is 56.8 Å². The number of likely N-dealkylation sites (N-methyl/N-ethyl adjacent to an activating group) is 1. The van der Waals surface area contributed by atoms with Crippen molar-refractivity contribution >= 4 is 5.97 Å². The van der Waals surface area contributed by atoms with Crippen LogP contribution in [0.3, 0.4) is 0 Å². The third-order valence-corrected chi connectivity index (χ3v) is 2.92. The number of ether oxygens (including phenoxy) is 3. The number of nitrogens with one attached hydrogen (secondary N) is 1. The van der Waals surface area contributed by atoms with Gasteiger partial charge in [-0.15, -0.1) is 0 Å². The van der Waals surface area contributed by atoms with Crippen LogP contribution in [-0.2, 0) is 19.0 Å². The smallest absolute Gasteiger partial charge is 0.326 e. The predicted molar refractivity (Wildman–Crippen MR) is 75.2 cm³/mol. The number of hydrogen-bond acceptors (Lipinski definition) is 5. The molecule has 0 rings (SSSR count). The average molecular weight is 275 g/mol. The van der Waals surface area contributed by atoms with Crippen LogP contribution in [0.15, 0.2) is 0 Å². The van der Waals surface area contributed by atoms with Crippen LogP contribution < -0.4 is 5.32 Å². The van der Waals surface area contributed by atoms with Crippen molar-refractivity contribution in [2.75, 3.05) is 33.5 Å². The lowest BCUT2D eigenvalue weighted by atomic mass is 9.96. The molecule has 1 N–H and O–H groups in total. The zero-order valence-electron chi connectivity index (χ0n) is 13.0. The Bertz CT molecular complexity index is 246. The molecule has 0 bridgehead atoms. The Morgan fingerprint density at radius 1 is 1.26 bits per heavy atom. The summed E-state index contributed by atoms with van der Waals surface area (Å²) in [5.41, 5.74) is -0.631. The van der Waals surface area contributed by atoms with Gasteiger partial charge in [-0.1, -0.05) is 0 Å². The summed E-state index contributed by atoms with van der Waals surface area (Å²) in [5.74, 6) is -0.208. The highest BCUT2D eigenvalue weighted by Crippen LogP contribution is 2.14. The van der Waals surface area contributed by atoms with E-state index in [1.54, 1.807) is 7.05 Å². The first kappa shape index (κ1) is 18.4. The maximum Gasteiger partial charge on any atom is 0.326 e. The molecule has 0 aliphatic rings. The molecule has 1 atom stereocenters. The minimum absolute atomic E-state index is 0.208. The van der Waals surface area contributed by atoms with E-state index in [0.29, 0.717) is 32.8 Å². The van der Waals surface area contributed by atoms with Crippen molar-refractivity contribution in [3.05, 3.63) is 0 Å². The highest BCUT2D eigenvalue weighted by molar-refractivity contribution is 5.80. The standard InChI is InChI=1S/C14H29NO4/c1-6-18-13(16)14(4,15-5)8-7-9-17-10-11-19-12(2)3/h12,15H,6-11H2,1-5H3. The van der Waals surface area contributed by atoms with Crippen LogP contribution in [0.1, 0.15) is 40.5 Å². The molecule has 1 unspecified atom stereocenters. The third-order valence-electron chi connectivity index (χ3n) is 2.92. The second-order valence-electron chi connectivity index (χ2n) is 4.94. The molecule has 0 fully saturated rings. The molecule has 5 nitrogen and oxygen atoms in total. The zero-order chi connectivity index (χ0) is 14.7. The lowest BCUT2D eigenvalue weighted by molar-refractivity contribution is -0.150. The maximum absolute atomic E-state index is 11.8. The Labute approximate surface area is 117 Å². The summed E-state index contributed by atoms with van der Waals surface area (Å²) in [6.45, 7) is 9.89. The monoisotopic (exact) mass is 275 g/mol. The fraction of sp³-hybridized carbons (Fsp3) is 0.929. The van der Waals surface area contributed by atoms with Gasteiger partial charge < -0.3 is 19.5 Å². The Hall–Kier alpha value is -0.650. The van der Waals surface area contributed by atoms with Crippen LogP contribution >= 0.6 is 0 Å². The third kappa shape index (κ3) is 8.18. The average Bonchev–Trinajstić information content (AvgIpc) is 2.37. The fourth-order valence-electron chi connectivity index (χ4n) is 1.59. The van der Waals surface area contributed by atoms with Crippen LogP contribution in [0.2, 0.25) is 0 Å². The van der Waals surface area contributed by atoms with Crippen molar-refractivity contribution in [2.24, 2.45) is 0 Å². The Kier molecular flexibility index (Phi) is 9.83. The zero-order valence-corrected chi connectivity index (χ0v) is 13.0. The highest BCUT2D eigenvalue weighted by atomic mass is 16.5. The molecule has 0 saturated heterocycles. The van der Waals surface area contributed by atoms with Crippen molar-refractivity contribution in [1.82, 2.24) is 5.32 Å². The lowest BCUT2D eigenvalue weighted by Crippen LogP contribution is -2.48. The number of carbonyl (C=O) groups excluding carboxylic acids is 1. The summed E-state index contributed by atoms with van der Waals surface area (Å²) in [6, 6.07) is 0. The van der Waals surface area contributed by atoms with Gasteiger partial charge in [0.05, 0.1) is 25.9 Å². The van der Waals surface area contributed by atoms with Gasteiger partial charge in [-0.3, -0.25) is 4.79 Å². The highest BCUT2D eigenvalue weighted by Gasteiger charge is 2.32. The summed E-state index contributed by atoms with van der Waals surface area (Å²) < 4.78 is 15.9. The summed E-state index contributed by atoms with van der Waals surface area (Å²) >= 11 is 0. The van der Waals surface area contributed by atoms with E-state index in [1.807, 2.05) is 27.7 Å². The van der Waals surface area contributed by atoms with Gasteiger partial charge in [-0.25, -0.2) is 0 Å². The van der Waals surface area contributed by atoms with Crippen LogP contribution in [0, 0.1) is 0 Å². The number of rotatable bonds is 11.